The minimum absolute atomic E-state index is 0.278. The molecule has 0 saturated heterocycles. The smallest absolute Gasteiger partial charge is 0.206 e. The molecule has 3 rings (SSSR count). The van der Waals surface area contributed by atoms with Crippen LogP contribution < -0.4 is 5.32 Å². The monoisotopic (exact) mass is 287 g/mol. The highest BCUT2D eigenvalue weighted by Crippen LogP contribution is 2.27. The number of anilines is 1. The zero-order chi connectivity index (χ0) is 13.9. The second kappa shape index (κ2) is 5.92. The van der Waals surface area contributed by atoms with Crippen molar-refractivity contribution in [1.29, 1.82) is 0 Å². The number of hydrogen-bond donors (Lipinski definition) is 1. The fraction of sp³-hybridized carbons (Fsp3) is 0.500. The summed E-state index contributed by atoms with van der Waals surface area (Å²) in [6.07, 6.45) is 6.09. The van der Waals surface area contributed by atoms with Gasteiger partial charge in [-0.3, -0.25) is 0 Å². The third kappa shape index (κ3) is 2.85. The summed E-state index contributed by atoms with van der Waals surface area (Å²) in [7, 11) is 0. The molecule has 4 heteroatoms. The van der Waals surface area contributed by atoms with Gasteiger partial charge in [-0.15, -0.1) is 10.2 Å². The van der Waals surface area contributed by atoms with Crippen molar-refractivity contribution in [3.05, 3.63) is 39.9 Å². The molecule has 1 unspecified atom stereocenters. The maximum absolute atomic E-state index is 4.20. The van der Waals surface area contributed by atoms with E-state index in [0.29, 0.717) is 0 Å². The molecule has 0 bridgehead atoms. The summed E-state index contributed by atoms with van der Waals surface area (Å²) >= 11 is 1.65. The van der Waals surface area contributed by atoms with Crippen molar-refractivity contribution in [3.63, 3.8) is 0 Å². The van der Waals surface area contributed by atoms with Gasteiger partial charge in [0.1, 0.15) is 5.01 Å². The van der Waals surface area contributed by atoms with Crippen molar-refractivity contribution in [2.45, 2.75) is 52.0 Å². The van der Waals surface area contributed by atoms with Crippen LogP contribution in [0.15, 0.2) is 18.2 Å². The highest BCUT2D eigenvalue weighted by Gasteiger charge is 2.13. The predicted octanol–water partition coefficient (Wildman–Crippen LogP) is 4.15. The first-order chi connectivity index (χ1) is 9.76. The number of aromatic nitrogens is 2. The van der Waals surface area contributed by atoms with E-state index in [1.54, 1.807) is 11.3 Å². The van der Waals surface area contributed by atoms with Gasteiger partial charge >= 0.3 is 0 Å². The van der Waals surface area contributed by atoms with Crippen LogP contribution in [0.2, 0.25) is 0 Å². The number of nitrogens with zero attached hydrogens (tertiary/aromatic N) is 2. The average molecular weight is 287 g/mol. The summed E-state index contributed by atoms with van der Waals surface area (Å²) in [5.74, 6) is 0. The summed E-state index contributed by atoms with van der Waals surface area (Å²) in [6, 6.07) is 7.21. The number of benzene rings is 1. The summed E-state index contributed by atoms with van der Waals surface area (Å²) in [5, 5.41) is 13.8. The second-order valence-electron chi connectivity index (χ2n) is 5.46. The Kier molecular flexibility index (Phi) is 4.01. The van der Waals surface area contributed by atoms with Crippen LogP contribution in [-0.2, 0) is 19.3 Å². The maximum Gasteiger partial charge on any atom is 0.206 e. The minimum atomic E-state index is 0.278. The van der Waals surface area contributed by atoms with Crippen LogP contribution >= 0.6 is 11.3 Å². The van der Waals surface area contributed by atoms with Gasteiger partial charge in [-0.2, -0.15) is 0 Å². The quantitative estimate of drug-likeness (QED) is 0.918. The largest absolute Gasteiger partial charge is 0.354 e. The van der Waals surface area contributed by atoms with E-state index in [9.17, 15) is 0 Å². The number of hydrogen-bond acceptors (Lipinski definition) is 4. The van der Waals surface area contributed by atoms with Gasteiger partial charge in [-0.25, -0.2) is 0 Å². The summed E-state index contributed by atoms with van der Waals surface area (Å²) in [4.78, 5) is 0. The van der Waals surface area contributed by atoms with E-state index >= 15 is 0 Å². The third-order valence-electron chi connectivity index (χ3n) is 3.98. The Labute approximate surface area is 124 Å². The second-order valence-corrected chi connectivity index (χ2v) is 6.52. The van der Waals surface area contributed by atoms with Gasteiger partial charge in [0.2, 0.25) is 5.13 Å². The first-order valence-corrected chi connectivity index (χ1v) is 8.28. The highest BCUT2D eigenvalue weighted by molar-refractivity contribution is 7.15. The predicted molar refractivity (Wildman–Crippen MR) is 84.4 cm³/mol. The molecule has 0 fully saturated rings. The number of rotatable bonds is 4. The molecule has 0 spiro atoms. The fourth-order valence-corrected chi connectivity index (χ4v) is 3.51. The maximum atomic E-state index is 4.20. The molecule has 0 aliphatic heterocycles. The Balaban J connectivity index is 1.74. The molecule has 1 heterocycles. The first-order valence-electron chi connectivity index (χ1n) is 7.47. The average Bonchev–Trinajstić information content (AvgIpc) is 2.94. The normalized spacial score (nSPS) is 15.7. The molecule has 0 radical (unpaired) electrons. The Hall–Kier alpha value is -1.42. The highest BCUT2D eigenvalue weighted by atomic mass is 32.1. The van der Waals surface area contributed by atoms with Crippen molar-refractivity contribution in [3.8, 4) is 0 Å². The van der Waals surface area contributed by atoms with Crippen LogP contribution in [0.3, 0.4) is 0 Å². The van der Waals surface area contributed by atoms with E-state index in [2.05, 4.69) is 47.6 Å². The standard InChI is InChI=1S/C16H21N3S/c1-3-15-18-19-16(20-15)17-11(2)13-9-8-12-6-4-5-7-14(12)10-13/h8-11H,3-7H2,1-2H3,(H,17,19). The molecule has 1 aromatic carbocycles. The van der Waals surface area contributed by atoms with Crippen molar-refractivity contribution < 1.29 is 0 Å². The van der Waals surface area contributed by atoms with Crippen LogP contribution in [0.1, 0.15) is 54.4 Å². The van der Waals surface area contributed by atoms with E-state index in [-0.39, 0.29) is 6.04 Å². The van der Waals surface area contributed by atoms with Gasteiger partial charge in [-0.1, -0.05) is 36.5 Å². The van der Waals surface area contributed by atoms with Crippen LogP contribution in [0, 0.1) is 0 Å². The van der Waals surface area contributed by atoms with Gasteiger partial charge in [0.15, 0.2) is 0 Å². The molecule has 1 N–H and O–H groups in total. The Morgan fingerprint density at radius 2 is 2.00 bits per heavy atom. The molecule has 3 nitrogen and oxygen atoms in total. The molecular formula is C16H21N3S. The molecular weight excluding hydrogens is 266 g/mol. The lowest BCUT2D eigenvalue weighted by atomic mass is 9.89. The van der Waals surface area contributed by atoms with Crippen molar-refractivity contribution in [1.82, 2.24) is 10.2 Å². The number of aryl methyl sites for hydroxylation is 3. The molecule has 20 heavy (non-hydrogen) atoms. The molecule has 1 aliphatic rings. The minimum Gasteiger partial charge on any atom is -0.354 e. The fourth-order valence-electron chi connectivity index (χ4n) is 2.75. The Bertz CT molecular complexity index is 591. The van der Waals surface area contributed by atoms with E-state index < -0.39 is 0 Å². The lowest BCUT2D eigenvalue weighted by Gasteiger charge is -2.19. The molecule has 1 aromatic heterocycles. The van der Waals surface area contributed by atoms with Gasteiger partial charge in [-0.05, 0) is 55.7 Å². The van der Waals surface area contributed by atoms with Crippen molar-refractivity contribution in [2.24, 2.45) is 0 Å². The van der Waals surface area contributed by atoms with Gasteiger partial charge in [0, 0.05) is 0 Å². The molecule has 1 atom stereocenters. The van der Waals surface area contributed by atoms with Crippen molar-refractivity contribution in [2.75, 3.05) is 5.32 Å². The van der Waals surface area contributed by atoms with Gasteiger partial charge < -0.3 is 5.32 Å². The molecule has 1 aliphatic carbocycles. The zero-order valence-electron chi connectivity index (χ0n) is 12.1. The Morgan fingerprint density at radius 1 is 1.20 bits per heavy atom. The van der Waals surface area contributed by atoms with Gasteiger partial charge in [0.25, 0.3) is 0 Å². The van der Waals surface area contributed by atoms with Crippen LogP contribution in [0.25, 0.3) is 0 Å². The van der Waals surface area contributed by atoms with Crippen LogP contribution in [0.4, 0.5) is 5.13 Å². The molecule has 0 saturated carbocycles. The molecule has 106 valence electrons. The van der Waals surface area contributed by atoms with Crippen LogP contribution in [0.5, 0.6) is 0 Å². The summed E-state index contributed by atoms with van der Waals surface area (Å²) in [5.41, 5.74) is 4.42. The van der Waals surface area contributed by atoms with E-state index in [1.807, 2.05) is 0 Å². The van der Waals surface area contributed by atoms with E-state index in [1.165, 1.54) is 42.4 Å². The first kappa shape index (κ1) is 13.6. The summed E-state index contributed by atoms with van der Waals surface area (Å²) < 4.78 is 0. The van der Waals surface area contributed by atoms with E-state index in [4.69, 9.17) is 0 Å². The van der Waals surface area contributed by atoms with E-state index in [0.717, 1.165) is 16.6 Å². The van der Waals surface area contributed by atoms with Gasteiger partial charge in [0.05, 0.1) is 6.04 Å². The molecule has 0 amide bonds. The lowest BCUT2D eigenvalue weighted by molar-refractivity contribution is 0.683. The van der Waals surface area contributed by atoms with Crippen LogP contribution in [-0.4, -0.2) is 10.2 Å². The topological polar surface area (TPSA) is 37.8 Å². The summed E-state index contributed by atoms with van der Waals surface area (Å²) in [6.45, 7) is 4.30. The third-order valence-corrected chi connectivity index (χ3v) is 4.98. The Morgan fingerprint density at radius 3 is 2.75 bits per heavy atom. The number of fused-ring (bicyclic) bond motifs is 1. The SMILES string of the molecule is CCc1nnc(NC(C)c2ccc3c(c2)CCCC3)s1. The zero-order valence-corrected chi connectivity index (χ0v) is 13.0. The molecule has 2 aromatic rings. The number of nitrogens with one attached hydrogen (secondary N) is 1. The van der Waals surface area contributed by atoms with Crippen molar-refractivity contribution >= 4 is 16.5 Å². The lowest BCUT2D eigenvalue weighted by Crippen LogP contribution is -2.09.